The molecule has 0 unspecified atom stereocenters. The number of anilines is 2. The average Bonchev–Trinajstić information content (AvgIpc) is 2.64. The summed E-state index contributed by atoms with van der Waals surface area (Å²) >= 11 is 5.31. The molecule has 0 aromatic heterocycles. The molecule has 1 aliphatic heterocycles. The van der Waals surface area contributed by atoms with Crippen LogP contribution >= 0.6 is 12.2 Å². The van der Waals surface area contributed by atoms with Crippen molar-refractivity contribution in [3.8, 4) is 0 Å². The van der Waals surface area contributed by atoms with Crippen molar-refractivity contribution >= 4 is 28.7 Å². The number of hydrogen-bond acceptors (Lipinski definition) is 2. The quantitative estimate of drug-likeness (QED) is 0.731. The second-order valence-electron chi connectivity index (χ2n) is 7.06. The number of nitrogens with zero attached hydrogens (tertiary/aromatic N) is 1. The van der Waals surface area contributed by atoms with Crippen LogP contribution in [0.1, 0.15) is 38.3 Å². The Morgan fingerprint density at radius 1 is 1.12 bits per heavy atom. The number of piperidine rings is 1. The predicted molar refractivity (Wildman–Crippen MR) is 111 cm³/mol. The maximum absolute atomic E-state index is 13.7. The molecular formula is C21H26FN3S. The van der Waals surface area contributed by atoms with Crippen molar-refractivity contribution in [2.45, 2.75) is 32.7 Å². The summed E-state index contributed by atoms with van der Waals surface area (Å²) in [6, 6.07) is 15.2. The molecule has 0 amide bonds. The Kier molecular flexibility index (Phi) is 6.09. The maximum Gasteiger partial charge on any atom is 0.171 e. The lowest BCUT2D eigenvalue weighted by Crippen LogP contribution is -2.33. The van der Waals surface area contributed by atoms with Crippen LogP contribution in [0.5, 0.6) is 0 Å². The minimum atomic E-state index is -0.315. The Morgan fingerprint density at radius 2 is 1.77 bits per heavy atom. The molecule has 1 heterocycles. The Labute approximate surface area is 160 Å². The van der Waals surface area contributed by atoms with Crippen LogP contribution in [0.15, 0.2) is 48.5 Å². The van der Waals surface area contributed by atoms with Crippen molar-refractivity contribution in [1.82, 2.24) is 5.32 Å². The fourth-order valence-electron chi connectivity index (χ4n) is 3.24. The lowest BCUT2D eigenvalue weighted by atomic mass is 9.98. The number of rotatable bonds is 4. The van der Waals surface area contributed by atoms with Crippen LogP contribution in [-0.2, 0) is 0 Å². The van der Waals surface area contributed by atoms with Crippen LogP contribution in [-0.4, -0.2) is 18.2 Å². The van der Waals surface area contributed by atoms with Crippen LogP contribution in [0.4, 0.5) is 15.8 Å². The Balaban J connectivity index is 1.57. The maximum atomic E-state index is 13.7. The molecule has 3 rings (SSSR count). The first-order valence-electron chi connectivity index (χ1n) is 9.20. The van der Waals surface area contributed by atoms with Gasteiger partial charge in [-0.15, -0.1) is 0 Å². The van der Waals surface area contributed by atoms with Gasteiger partial charge in [0.25, 0.3) is 0 Å². The summed E-state index contributed by atoms with van der Waals surface area (Å²) in [5, 5.41) is 6.55. The predicted octanol–water partition coefficient (Wildman–Crippen LogP) is 5.11. The van der Waals surface area contributed by atoms with Gasteiger partial charge in [0.1, 0.15) is 5.82 Å². The standard InChI is InChI=1S/C21H26FN3S/c1-15-11-13-25(14-12-15)18-9-7-17(8-10-18)16(2)23-21(26)24-20-6-4-3-5-19(20)22/h3-10,15-16H,11-14H2,1-2H3,(H2,23,24,26)/t16-/m1/s1. The van der Waals surface area contributed by atoms with Crippen molar-refractivity contribution in [2.24, 2.45) is 5.92 Å². The van der Waals surface area contributed by atoms with Gasteiger partial charge in [0.15, 0.2) is 5.11 Å². The first kappa shape index (κ1) is 18.6. The van der Waals surface area contributed by atoms with Crippen molar-refractivity contribution in [1.29, 1.82) is 0 Å². The van der Waals surface area contributed by atoms with E-state index in [0.29, 0.717) is 10.8 Å². The van der Waals surface area contributed by atoms with Gasteiger partial charge in [0.2, 0.25) is 0 Å². The van der Waals surface area contributed by atoms with Crippen molar-refractivity contribution < 1.29 is 4.39 Å². The molecule has 0 spiro atoms. The van der Waals surface area contributed by atoms with Gasteiger partial charge in [-0.3, -0.25) is 0 Å². The molecule has 0 aliphatic carbocycles. The zero-order valence-corrected chi connectivity index (χ0v) is 16.2. The second kappa shape index (κ2) is 8.49. The van der Waals surface area contributed by atoms with E-state index < -0.39 is 0 Å². The van der Waals surface area contributed by atoms with E-state index >= 15 is 0 Å². The van der Waals surface area contributed by atoms with Crippen LogP contribution < -0.4 is 15.5 Å². The number of halogens is 1. The van der Waals surface area contributed by atoms with Gasteiger partial charge in [0, 0.05) is 18.8 Å². The molecule has 5 heteroatoms. The highest BCUT2D eigenvalue weighted by Gasteiger charge is 2.16. The Morgan fingerprint density at radius 3 is 2.42 bits per heavy atom. The van der Waals surface area contributed by atoms with E-state index in [1.54, 1.807) is 18.2 Å². The Bertz CT molecular complexity index is 739. The molecule has 138 valence electrons. The number of para-hydroxylation sites is 1. The summed E-state index contributed by atoms with van der Waals surface area (Å²) in [5.74, 6) is 0.516. The molecular weight excluding hydrogens is 345 g/mol. The van der Waals surface area contributed by atoms with Gasteiger partial charge in [-0.2, -0.15) is 0 Å². The third-order valence-corrected chi connectivity index (χ3v) is 5.23. The van der Waals surface area contributed by atoms with Gasteiger partial charge >= 0.3 is 0 Å². The molecule has 1 atom stereocenters. The molecule has 2 N–H and O–H groups in total. The molecule has 0 saturated carbocycles. The van der Waals surface area contributed by atoms with E-state index in [0.717, 1.165) is 24.6 Å². The van der Waals surface area contributed by atoms with Gasteiger partial charge in [0.05, 0.1) is 11.7 Å². The summed E-state index contributed by atoms with van der Waals surface area (Å²) in [7, 11) is 0. The van der Waals surface area contributed by atoms with Crippen molar-refractivity contribution in [2.75, 3.05) is 23.3 Å². The topological polar surface area (TPSA) is 27.3 Å². The molecule has 2 aromatic rings. The number of hydrogen-bond donors (Lipinski definition) is 2. The summed E-state index contributed by atoms with van der Waals surface area (Å²) < 4.78 is 13.7. The van der Waals surface area contributed by atoms with Crippen molar-refractivity contribution in [3.05, 3.63) is 59.9 Å². The Hall–Kier alpha value is -2.14. The lowest BCUT2D eigenvalue weighted by molar-refractivity contribution is 0.438. The van der Waals surface area contributed by atoms with Crippen LogP contribution in [0.25, 0.3) is 0 Å². The first-order chi connectivity index (χ1) is 12.5. The highest BCUT2D eigenvalue weighted by molar-refractivity contribution is 7.80. The summed E-state index contributed by atoms with van der Waals surface area (Å²) in [5.41, 5.74) is 2.81. The van der Waals surface area contributed by atoms with E-state index in [4.69, 9.17) is 12.2 Å². The van der Waals surface area contributed by atoms with E-state index in [2.05, 4.69) is 46.7 Å². The third kappa shape index (κ3) is 4.73. The molecule has 2 aromatic carbocycles. The zero-order chi connectivity index (χ0) is 18.5. The first-order valence-corrected chi connectivity index (χ1v) is 9.60. The summed E-state index contributed by atoms with van der Waals surface area (Å²) in [4.78, 5) is 2.45. The molecule has 26 heavy (non-hydrogen) atoms. The smallest absolute Gasteiger partial charge is 0.171 e. The van der Waals surface area contributed by atoms with Crippen LogP contribution in [0.3, 0.4) is 0 Å². The van der Waals surface area contributed by atoms with Crippen LogP contribution in [0.2, 0.25) is 0 Å². The molecule has 0 bridgehead atoms. The fraction of sp³-hybridized carbons (Fsp3) is 0.381. The molecule has 0 radical (unpaired) electrons. The van der Waals surface area contributed by atoms with E-state index in [1.165, 1.54) is 24.6 Å². The van der Waals surface area contributed by atoms with E-state index in [-0.39, 0.29) is 11.9 Å². The van der Waals surface area contributed by atoms with Gasteiger partial charge in [-0.25, -0.2) is 4.39 Å². The zero-order valence-electron chi connectivity index (χ0n) is 15.3. The van der Waals surface area contributed by atoms with Gasteiger partial charge in [-0.1, -0.05) is 31.2 Å². The monoisotopic (exact) mass is 371 g/mol. The molecule has 3 nitrogen and oxygen atoms in total. The highest BCUT2D eigenvalue weighted by atomic mass is 32.1. The van der Waals surface area contributed by atoms with Gasteiger partial charge < -0.3 is 15.5 Å². The normalized spacial score (nSPS) is 16.2. The lowest BCUT2D eigenvalue weighted by Gasteiger charge is -2.32. The van der Waals surface area contributed by atoms with Crippen molar-refractivity contribution in [3.63, 3.8) is 0 Å². The highest BCUT2D eigenvalue weighted by Crippen LogP contribution is 2.24. The van der Waals surface area contributed by atoms with E-state index in [9.17, 15) is 4.39 Å². The number of nitrogens with one attached hydrogen (secondary N) is 2. The number of benzene rings is 2. The third-order valence-electron chi connectivity index (χ3n) is 5.01. The second-order valence-corrected chi connectivity index (χ2v) is 7.47. The molecule has 1 saturated heterocycles. The fourth-order valence-corrected chi connectivity index (χ4v) is 3.53. The molecule has 1 fully saturated rings. The summed E-state index contributed by atoms with van der Waals surface area (Å²) in [6.45, 7) is 6.63. The SMILES string of the molecule is CC1CCN(c2ccc([C@@H](C)NC(=S)Nc3ccccc3F)cc2)CC1. The average molecular weight is 372 g/mol. The number of thiocarbonyl (C=S) groups is 1. The minimum absolute atomic E-state index is 0.0391. The van der Waals surface area contributed by atoms with E-state index in [1.807, 2.05) is 6.92 Å². The van der Waals surface area contributed by atoms with Gasteiger partial charge in [-0.05, 0) is 67.7 Å². The largest absolute Gasteiger partial charge is 0.372 e. The molecule has 1 aliphatic rings. The summed E-state index contributed by atoms with van der Waals surface area (Å²) in [6.07, 6.45) is 2.52. The minimum Gasteiger partial charge on any atom is -0.372 e. The van der Waals surface area contributed by atoms with Crippen LogP contribution in [0, 0.1) is 11.7 Å².